The summed E-state index contributed by atoms with van der Waals surface area (Å²) in [6, 6.07) is 0. The molecule has 0 aromatic rings. The van der Waals surface area contributed by atoms with E-state index >= 15 is 0 Å². The van der Waals surface area contributed by atoms with Crippen molar-refractivity contribution in [2.45, 2.75) is 0 Å². The second-order valence-electron chi connectivity index (χ2n) is 0.971. The van der Waals surface area contributed by atoms with E-state index in [4.69, 9.17) is 14.7 Å². The molecule has 6 heavy (non-hydrogen) atoms. The summed E-state index contributed by atoms with van der Waals surface area (Å²) in [7, 11) is -3.61. The Kier molecular flexibility index (Phi) is 4.06. The van der Waals surface area contributed by atoms with E-state index in [1.165, 1.54) is 0 Å². The fourth-order valence-corrected chi connectivity index (χ4v) is 0. The third kappa shape index (κ3) is 354. The van der Waals surface area contributed by atoms with Crippen LogP contribution in [0.2, 0.25) is 0 Å². The second kappa shape index (κ2) is 2.53. The van der Waals surface area contributed by atoms with Gasteiger partial charge in [-0.1, -0.05) is 0 Å². The molecule has 0 aromatic carbocycles. The molecule has 0 saturated carbocycles. The molecule has 0 unspecified atom stereocenters. The van der Waals surface area contributed by atoms with E-state index in [0.29, 0.717) is 0 Å². The number of hydrogen-bond donors (Lipinski definition) is 3. The molecule has 3 nitrogen and oxygen atoms in total. The van der Waals surface area contributed by atoms with Crippen molar-refractivity contribution in [3.63, 3.8) is 0 Å². The second-order valence-corrected chi connectivity index (χ2v) is 2.91. The summed E-state index contributed by atoms with van der Waals surface area (Å²) in [5.74, 6) is 0. The zero-order valence-electron chi connectivity index (χ0n) is 2.84. The molecule has 0 heterocycles. The first-order valence-corrected chi connectivity index (χ1v) is 3.51. The fourth-order valence-electron chi connectivity index (χ4n) is 0. The van der Waals surface area contributed by atoms with Gasteiger partial charge in [0.15, 0.2) is 0 Å². The quantitative estimate of drug-likeness (QED) is 0.248. The van der Waals surface area contributed by atoms with Crippen LogP contribution in [0.3, 0.4) is 0 Å². The molecule has 0 aromatic heterocycles. The van der Waals surface area contributed by atoms with Gasteiger partial charge in [0.25, 0.3) is 0 Å². The van der Waals surface area contributed by atoms with Crippen molar-refractivity contribution >= 4 is 16.4 Å². The summed E-state index contributed by atoms with van der Waals surface area (Å²) in [5, 5.41) is 0. The van der Waals surface area contributed by atoms with Gasteiger partial charge in [0.05, 0.1) is 8.41 Å². The topological polar surface area (TPSA) is 60.7 Å². The van der Waals surface area contributed by atoms with Crippen LogP contribution in [-0.2, 0) is 0 Å². The summed E-state index contributed by atoms with van der Waals surface area (Å²) in [5.41, 5.74) is 0. The minimum atomic E-state index is -3.61. The molecule has 0 aliphatic heterocycles. The van der Waals surface area contributed by atoms with Crippen molar-refractivity contribution in [3.8, 4) is 0 Å². The Morgan fingerprint density at radius 2 is 1.17 bits per heavy atom. The van der Waals surface area contributed by atoms with Gasteiger partial charge in [-0.15, -0.1) is 0 Å². The van der Waals surface area contributed by atoms with Gasteiger partial charge >= 0.3 is 29.3 Å². The van der Waals surface area contributed by atoms with Crippen LogP contribution in [0.5, 0.6) is 0 Å². The van der Waals surface area contributed by atoms with Gasteiger partial charge in [0, 0.05) is 0 Å². The summed E-state index contributed by atoms with van der Waals surface area (Å²) in [6.07, 6.45) is 0. The molecule has 0 aliphatic carbocycles. The average Bonchev–Trinajstić information content (AvgIpc) is 0.722. The average molecular weight is 112 g/mol. The zero-order valence-corrected chi connectivity index (χ0v) is 3.84. The molecule has 3 N–H and O–H groups in total. The Bertz CT molecular complexity index is 26.3. The Balaban J connectivity index is 0. The SMILES string of the molecule is B.C[PH](O)(O)O. The molecular formula is CH10BO3P. The van der Waals surface area contributed by atoms with Crippen LogP contribution in [0.1, 0.15) is 0 Å². The van der Waals surface area contributed by atoms with Crippen molar-refractivity contribution in [1.29, 1.82) is 0 Å². The normalized spacial score (nSPS) is 12.7. The molecule has 0 fully saturated rings. The first kappa shape index (κ1) is 9.62. The van der Waals surface area contributed by atoms with E-state index in [9.17, 15) is 0 Å². The molecule has 0 radical (unpaired) electrons. The summed E-state index contributed by atoms with van der Waals surface area (Å²) in [6.45, 7) is 0.993. The van der Waals surface area contributed by atoms with E-state index in [1.807, 2.05) is 0 Å². The summed E-state index contributed by atoms with van der Waals surface area (Å²) < 4.78 is 0. The van der Waals surface area contributed by atoms with Crippen LogP contribution in [0.15, 0.2) is 0 Å². The van der Waals surface area contributed by atoms with Gasteiger partial charge in [-0.25, -0.2) is 0 Å². The van der Waals surface area contributed by atoms with E-state index in [1.54, 1.807) is 0 Å². The Labute approximate surface area is 38.8 Å². The third-order valence-corrected chi connectivity index (χ3v) is 0. The monoisotopic (exact) mass is 112 g/mol. The molecular weight excluding hydrogens is 102 g/mol. The molecule has 0 atom stereocenters. The van der Waals surface area contributed by atoms with Crippen LogP contribution in [0.4, 0.5) is 0 Å². The van der Waals surface area contributed by atoms with Crippen LogP contribution in [0.25, 0.3) is 0 Å². The van der Waals surface area contributed by atoms with Crippen LogP contribution < -0.4 is 0 Å². The van der Waals surface area contributed by atoms with Gasteiger partial charge < -0.3 is 0 Å². The fraction of sp³-hybridized carbons (Fsp3) is 1.00. The number of rotatable bonds is 0. The van der Waals surface area contributed by atoms with E-state index < -0.39 is 7.94 Å². The first-order valence-electron chi connectivity index (χ1n) is 1.17. The predicted molar refractivity (Wildman–Crippen MR) is 30.8 cm³/mol. The van der Waals surface area contributed by atoms with E-state index in [2.05, 4.69) is 0 Å². The maximum absolute atomic E-state index is 7.77. The zero-order chi connectivity index (χ0) is 4.50. The van der Waals surface area contributed by atoms with Crippen LogP contribution in [-0.4, -0.2) is 29.8 Å². The van der Waals surface area contributed by atoms with Crippen LogP contribution in [0, 0.1) is 0 Å². The van der Waals surface area contributed by atoms with Crippen molar-refractivity contribution < 1.29 is 14.7 Å². The molecule has 0 amide bonds. The van der Waals surface area contributed by atoms with Gasteiger partial charge in [-0.3, -0.25) is 0 Å². The molecule has 0 spiro atoms. The minimum absolute atomic E-state index is 0. The van der Waals surface area contributed by atoms with Gasteiger partial charge in [0.2, 0.25) is 0 Å². The molecule has 0 bridgehead atoms. The summed E-state index contributed by atoms with van der Waals surface area (Å²) in [4.78, 5) is 23.3. The molecule has 0 saturated heterocycles. The van der Waals surface area contributed by atoms with E-state index in [-0.39, 0.29) is 8.41 Å². The Hall–Kier alpha value is 0.375. The number of hydrogen-bond acceptors (Lipinski definition) is 3. The van der Waals surface area contributed by atoms with Crippen LogP contribution >= 0.6 is 7.94 Å². The molecule has 5 heteroatoms. The first-order chi connectivity index (χ1) is 2.00. The summed E-state index contributed by atoms with van der Waals surface area (Å²) >= 11 is 0. The molecule has 0 rings (SSSR count). The molecule has 40 valence electrons. The Morgan fingerprint density at radius 3 is 1.17 bits per heavy atom. The molecule has 0 aliphatic rings. The van der Waals surface area contributed by atoms with Crippen molar-refractivity contribution in [2.75, 3.05) is 6.66 Å². The Morgan fingerprint density at radius 1 is 1.17 bits per heavy atom. The van der Waals surface area contributed by atoms with Crippen molar-refractivity contribution in [3.05, 3.63) is 0 Å². The van der Waals surface area contributed by atoms with Gasteiger partial charge in [0.1, 0.15) is 0 Å². The maximum atomic E-state index is 7.77. The van der Waals surface area contributed by atoms with Gasteiger partial charge in [-0.2, -0.15) is 0 Å². The van der Waals surface area contributed by atoms with Gasteiger partial charge in [-0.05, 0) is 0 Å². The third-order valence-electron chi connectivity index (χ3n) is 0. The van der Waals surface area contributed by atoms with Crippen molar-refractivity contribution in [2.24, 2.45) is 0 Å². The standard InChI is InChI=1S/CH7O3P.BH3/c1-5(2,3)4;/h2-5H,1H3;1H3. The van der Waals surface area contributed by atoms with E-state index in [0.717, 1.165) is 6.66 Å². The van der Waals surface area contributed by atoms with Crippen molar-refractivity contribution in [1.82, 2.24) is 0 Å². The predicted octanol–water partition coefficient (Wildman–Crippen LogP) is -2.10.